The molecule has 1 aliphatic heterocycles. The van der Waals surface area contributed by atoms with Gasteiger partial charge in [0.2, 0.25) is 0 Å². The summed E-state index contributed by atoms with van der Waals surface area (Å²) in [6, 6.07) is 7.84. The molecule has 7 heteroatoms. The molecule has 1 aliphatic rings. The van der Waals surface area contributed by atoms with Crippen LogP contribution in [0.25, 0.3) is 0 Å². The molecular formula is C22H29N3O4. The van der Waals surface area contributed by atoms with Gasteiger partial charge in [-0.1, -0.05) is 12.1 Å². The van der Waals surface area contributed by atoms with Gasteiger partial charge in [0, 0.05) is 25.9 Å². The molecule has 1 aromatic heterocycles. The Morgan fingerprint density at radius 2 is 1.83 bits per heavy atom. The molecule has 1 amide bonds. The number of aromatic nitrogens is 1. The molecule has 156 valence electrons. The van der Waals surface area contributed by atoms with Crippen LogP contribution in [0, 0.1) is 13.8 Å². The number of aromatic amines is 1. The molecule has 0 bridgehead atoms. The number of methoxy groups -OCH3 is 1. The molecule has 0 spiro atoms. The Morgan fingerprint density at radius 3 is 2.55 bits per heavy atom. The molecule has 7 nitrogen and oxygen atoms in total. The van der Waals surface area contributed by atoms with Gasteiger partial charge in [-0.15, -0.1) is 0 Å². The van der Waals surface area contributed by atoms with E-state index in [0.29, 0.717) is 29.1 Å². The molecule has 0 radical (unpaired) electrons. The van der Waals surface area contributed by atoms with Crippen LogP contribution in [-0.2, 0) is 9.47 Å². The number of para-hydroxylation sites is 2. The van der Waals surface area contributed by atoms with Crippen molar-refractivity contribution >= 4 is 23.3 Å². The Hall–Kier alpha value is -2.80. The van der Waals surface area contributed by atoms with Gasteiger partial charge in [0.25, 0.3) is 5.91 Å². The first-order valence-electron chi connectivity index (χ1n) is 10.0. The van der Waals surface area contributed by atoms with E-state index in [1.165, 1.54) is 6.42 Å². The molecule has 0 saturated carbocycles. The lowest BCUT2D eigenvalue weighted by atomic mass is 10.1. The van der Waals surface area contributed by atoms with Crippen LogP contribution in [0.5, 0.6) is 0 Å². The maximum absolute atomic E-state index is 13.0. The van der Waals surface area contributed by atoms with Crippen LogP contribution < -0.4 is 10.2 Å². The lowest BCUT2D eigenvalue weighted by Crippen LogP contribution is -2.30. The zero-order chi connectivity index (χ0) is 20.8. The van der Waals surface area contributed by atoms with Gasteiger partial charge in [-0.2, -0.15) is 0 Å². The fourth-order valence-corrected chi connectivity index (χ4v) is 3.75. The molecule has 2 aromatic rings. The number of benzene rings is 1. The van der Waals surface area contributed by atoms with E-state index in [0.717, 1.165) is 37.3 Å². The number of esters is 1. The van der Waals surface area contributed by atoms with Gasteiger partial charge >= 0.3 is 5.97 Å². The van der Waals surface area contributed by atoms with Crippen molar-refractivity contribution in [2.45, 2.75) is 33.1 Å². The Labute approximate surface area is 171 Å². The van der Waals surface area contributed by atoms with E-state index >= 15 is 0 Å². The lowest BCUT2D eigenvalue weighted by Gasteiger charge is -2.30. The number of nitrogens with one attached hydrogen (secondary N) is 2. The van der Waals surface area contributed by atoms with Gasteiger partial charge in [0.1, 0.15) is 12.3 Å². The van der Waals surface area contributed by atoms with Crippen molar-refractivity contribution in [3.8, 4) is 0 Å². The first-order chi connectivity index (χ1) is 14.0. The smallest absolute Gasteiger partial charge is 0.340 e. The summed E-state index contributed by atoms with van der Waals surface area (Å²) in [6.07, 6.45) is 3.56. The molecule has 2 N–H and O–H groups in total. The molecular weight excluding hydrogens is 370 g/mol. The number of aryl methyl sites for hydroxylation is 1. The number of hydrogen-bond acceptors (Lipinski definition) is 5. The summed E-state index contributed by atoms with van der Waals surface area (Å²) in [4.78, 5) is 30.7. The standard InChI is InChI=1S/C22H29N3O4/c1-15-19(22(27)29-14-13-28-3)16(2)23-20(15)21(26)24-17-9-5-6-10-18(17)25-11-7-4-8-12-25/h5-6,9-10,23H,4,7-8,11-14H2,1-3H3,(H,24,26). The number of rotatable bonds is 7. The van der Waals surface area contributed by atoms with Gasteiger partial charge in [-0.25, -0.2) is 4.79 Å². The quantitative estimate of drug-likeness (QED) is 0.548. The third kappa shape index (κ3) is 4.79. The number of carbonyl (C=O) groups excluding carboxylic acids is 2. The summed E-state index contributed by atoms with van der Waals surface area (Å²) >= 11 is 0. The van der Waals surface area contributed by atoms with E-state index < -0.39 is 5.97 Å². The molecule has 2 heterocycles. The van der Waals surface area contributed by atoms with Crippen molar-refractivity contribution in [1.29, 1.82) is 0 Å². The largest absolute Gasteiger partial charge is 0.460 e. The Morgan fingerprint density at radius 1 is 1.10 bits per heavy atom. The number of H-pyrrole nitrogens is 1. The Balaban J connectivity index is 1.78. The van der Waals surface area contributed by atoms with Crippen LogP contribution in [0.3, 0.4) is 0 Å². The number of anilines is 2. The van der Waals surface area contributed by atoms with Crippen LogP contribution in [0.4, 0.5) is 11.4 Å². The molecule has 3 rings (SSSR count). The summed E-state index contributed by atoms with van der Waals surface area (Å²) in [5.41, 5.74) is 3.76. The highest BCUT2D eigenvalue weighted by Gasteiger charge is 2.24. The van der Waals surface area contributed by atoms with Crippen LogP contribution in [-0.4, -0.2) is 50.3 Å². The predicted octanol–water partition coefficient (Wildman–Crippen LogP) is 3.68. The highest BCUT2D eigenvalue weighted by molar-refractivity contribution is 6.08. The van der Waals surface area contributed by atoms with E-state index in [1.54, 1.807) is 21.0 Å². The number of hydrogen-bond donors (Lipinski definition) is 2. The van der Waals surface area contributed by atoms with E-state index in [4.69, 9.17) is 9.47 Å². The second-order valence-electron chi connectivity index (χ2n) is 7.27. The molecule has 0 unspecified atom stereocenters. The van der Waals surface area contributed by atoms with Crippen molar-refractivity contribution in [3.63, 3.8) is 0 Å². The van der Waals surface area contributed by atoms with Gasteiger partial charge < -0.3 is 24.7 Å². The average Bonchev–Trinajstić information content (AvgIpc) is 3.03. The van der Waals surface area contributed by atoms with Crippen molar-refractivity contribution in [3.05, 3.63) is 46.8 Å². The number of nitrogens with zero attached hydrogens (tertiary/aromatic N) is 1. The third-order valence-electron chi connectivity index (χ3n) is 5.24. The molecule has 1 fully saturated rings. The van der Waals surface area contributed by atoms with Crippen molar-refractivity contribution in [1.82, 2.24) is 4.98 Å². The number of amides is 1. The summed E-state index contributed by atoms with van der Waals surface area (Å²) < 4.78 is 10.1. The monoisotopic (exact) mass is 399 g/mol. The summed E-state index contributed by atoms with van der Waals surface area (Å²) in [7, 11) is 1.55. The van der Waals surface area contributed by atoms with E-state index in [-0.39, 0.29) is 12.5 Å². The SMILES string of the molecule is COCCOC(=O)c1c(C)[nH]c(C(=O)Nc2ccccc2N2CCCCC2)c1C. The van der Waals surface area contributed by atoms with Crippen LogP contribution in [0.2, 0.25) is 0 Å². The number of ether oxygens (including phenoxy) is 2. The molecule has 1 aromatic carbocycles. The van der Waals surface area contributed by atoms with E-state index in [2.05, 4.69) is 15.2 Å². The summed E-state index contributed by atoms with van der Waals surface area (Å²) in [5.74, 6) is -0.730. The summed E-state index contributed by atoms with van der Waals surface area (Å²) in [5, 5.41) is 3.01. The molecule has 0 atom stereocenters. The lowest BCUT2D eigenvalue weighted by molar-refractivity contribution is 0.0387. The maximum Gasteiger partial charge on any atom is 0.340 e. The molecule has 29 heavy (non-hydrogen) atoms. The Kier molecular flexibility index (Phi) is 6.93. The zero-order valence-electron chi connectivity index (χ0n) is 17.3. The van der Waals surface area contributed by atoms with E-state index in [1.807, 2.05) is 24.3 Å². The maximum atomic E-state index is 13.0. The topological polar surface area (TPSA) is 83.7 Å². The first kappa shape index (κ1) is 20.9. The van der Waals surface area contributed by atoms with Crippen molar-refractivity contribution < 1.29 is 19.1 Å². The molecule has 0 aliphatic carbocycles. The van der Waals surface area contributed by atoms with Gasteiger partial charge in [0.05, 0.1) is 23.5 Å². The van der Waals surface area contributed by atoms with Crippen LogP contribution in [0.1, 0.15) is 51.4 Å². The second-order valence-corrected chi connectivity index (χ2v) is 7.27. The predicted molar refractivity (Wildman–Crippen MR) is 113 cm³/mol. The zero-order valence-corrected chi connectivity index (χ0v) is 17.3. The highest BCUT2D eigenvalue weighted by Crippen LogP contribution is 2.29. The minimum Gasteiger partial charge on any atom is -0.460 e. The van der Waals surface area contributed by atoms with Crippen LogP contribution >= 0.6 is 0 Å². The first-order valence-corrected chi connectivity index (χ1v) is 10.0. The van der Waals surface area contributed by atoms with Crippen LogP contribution in [0.15, 0.2) is 24.3 Å². The number of piperidine rings is 1. The van der Waals surface area contributed by atoms with Crippen molar-refractivity contribution in [2.24, 2.45) is 0 Å². The van der Waals surface area contributed by atoms with E-state index in [9.17, 15) is 9.59 Å². The minimum absolute atomic E-state index is 0.171. The average molecular weight is 399 g/mol. The van der Waals surface area contributed by atoms with Crippen molar-refractivity contribution in [2.75, 3.05) is 43.6 Å². The fourth-order valence-electron chi connectivity index (χ4n) is 3.75. The normalized spacial score (nSPS) is 14.0. The fraction of sp³-hybridized carbons (Fsp3) is 0.455. The highest BCUT2D eigenvalue weighted by atomic mass is 16.6. The van der Waals surface area contributed by atoms with Gasteiger partial charge in [-0.05, 0) is 50.8 Å². The molecule has 1 saturated heterocycles. The van der Waals surface area contributed by atoms with Gasteiger partial charge in [-0.3, -0.25) is 4.79 Å². The Bertz CT molecular complexity index is 869. The third-order valence-corrected chi connectivity index (χ3v) is 5.24. The second kappa shape index (κ2) is 9.60. The minimum atomic E-state index is -0.457. The van der Waals surface area contributed by atoms with Gasteiger partial charge in [0.15, 0.2) is 0 Å². The summed E-state index contributed by atoms with van der Waals surface area (Å²) in [6.45, 7) is 6.00. The number of carbonyl (C=O) groups is 2.